The molecule has 2 aromatic carbocycles. The minimum atomic E-state index is -0.259. The number of carbonyl (C=O) groups excluding carboxylic acids is 1. The van der Waals surface area contributed by atoms with Gasteiger partial charge in [0.25, 0.3) is 5.91 Å². The number of nitrogens with zero attached hydrogens (tertiary/aromatic N) is 2. The van der Waals surface area contributed by atoms with E-state index in [0.717, 1.165) is 24.0 Å². The number of benzene rings is 2. The molecule has 0 saturated heterocycles. The van der Waals surface area contributed by atoms with Crippen LogP contribution in [-0.2, 0) is 13.1 Å². The van der Waals surface area contributed by atoms with Crippen molar-refractivity contribution >= 4 is 5.91 Å². The third-order valence-electron chi connectivity index (χ3n) is 5.14. The third-order valence-corrected chi connectivity index (χ3v) is 5.14. The summed E-state index contributed by atoms with van der Waals surface area (Å²) in [5, 5.41) is 2.91. The van der Waals surface area contributed by atoms with Gasteiger partial charge in [-0.25, -0.2) is 9.37 Å². The van der Waals surface area contributed by atoms with Gasteiger partial charge < -0.3 is 9.73 Å². The molecule has 1 heterocycles. The van der Waals surface area contributed by atoms with E-state index in [9.17, 15) is 9.18 Å². The van der Waals surface area contributed by atoms with Crippen LogP contribution in [0.25, 0.3) is 0 Å². The lowest BCUT2D eigenvalue weighted by Crippen LogP contribution is -2.27. The van der Waals surface area contributed by atoms with Gasteiger partial charge in [-0.15, -0.1) is 0 Å². The Hall–Kier alpha value is -2.99. The van der Waals surface area contributed by atoms with Gasteiger partial charge in [0.1, 0.15) is 12.1 Å². The minimum Gasteiger partial charge on any atom is -0.447 e. The fourth-order valence-electron chi connectivity index (χ4n) is 3.29. The van der Waals surface area contributed by atoms with Gasteiger partial charge in [-0.05, 0) is 43.0 Å². The van der Waals surface area contributed by atoms with Gasteiger partial charge in [0.15, 0.2) is 5.69 Å². The van der Waals surface area contributed by atoms with Crippen molar-refractivity contribution in [3.05, 3.63) is 89.4 Å². The lowest BCUT2D eigenvalue weighted by molar-refractivity contribution is 0.0946. The first-order chi connectivity index (χ1) is 14.1. The number of hydrogen-bond donors (Lipinski definition) is 1. The van der Waals surface area contributed by atoms with E-state index in [1.807, 2.05) is 24.3 Å². The van der Waals surface area contributed by atoms with Crippen molar-refractivity contribution in [2.45, 2.75) is 44.9 Å². The molecular formula is C23H24FN3O2. The first-order valence-electron chi connectivity index (χ1n) is 9.87. The van der Waals surface area contributed by atoms with E-state index in [1.54, 1.807) is 6.07 Å². The van der Waals surface area contributed by atoms with E-state index in [-0.39, 0.29) is 23.8 Å². The molecule has 5 nitrogen and oxygen atoms in total. The lowest BCUT2D eigenvalue weighted by atomic mass is 10.1. The zero-order valence-electron chi connectivity index (χ0n) is 16.3. The van der Waals surface area contributed by atoms with Crippen LogP contribution in [0.3, 0.4) is 0 Å². The SMILES string of the molecule is CC(c1ccccc1)N(Cc1cccc(F)c1)Cc1nc(C(=O)NC2CC2)co1. The zero-order valence-corrected chi connectivity index (χ0v) is 16.3. The van der Waals surface area contributed by atoms with E-state index in [0.29, 0.717) is 24.7 Å². The molecule has 1 fully saturated rings. The van der Waals surface area contributed by atoms with Crippen molar-refractivity contribution in [1.29, 1.82) is 0 Å². The van der Waals surface area contributed by atoms with Crippen LogP contribution in [0.4, 0.5) is 4.39 Å². The number of aromatic nitrogens is 1. The molecule has 0 spiro atoms. The Labute approximate surface area is 169 Å². The van der Waals surface area contributed by atoms with Crippen LogP contribution < -0.4 is 5.32 Å². The van der Waals surface area contributed by atoms with Gasteiger partial charge in [-0.2, -0.15) is 0 Å². The van der Waals surface area contributed by atoms with E-state index < -0.39 is 0 Å². The average molecular weight is 393 g/mol. The average Bonchev–Trinajstić information content (AvgIpc) is 3.42. The molecule has 1 aliphatic rings. The predicted octanol–water partition coefficient (Wildman–Crippen LogP) is 4.47. The molecule has 0 aliphatic heterocycles. The normalized spacial score (nSPS) is 14.7. The Morgan fingerprint density at radius 2 is 2.00 bits per heavy atom. The Bertz CT molecular complexity index is 969. The molecule has 1 saturated carbocycles. The highest BCUT2D eigenvalue weighted by atomic mass is 19.1. The molecule has 1 N–H and O–H groups in total. The number of oxazole rings is 1. The van der Waals surface area contributed by atoms with Gasteiger partial charge in [0.2, 0.25) is 5.89 Å². The van der Waals surface area contributed by atoms with Gasteiger partial charge >= 0.3 is 0 Å². The van der Waals surface area contributed by atoms with Crippen LogP contribution in [0.5, 0.6) is 0 Å². The topological polar surface area (TPSA) is 58.4 Å². The number of hydrogen-bond acceptors (Lipinski definition) is 4. The molecular weight excluding hydrogens is 369 g/mol. The molecule has 0 radical (unpaired) electrons. The smallest absolute Gasteiger partial charge is 0.273 e. The second kappa shape index (κ2) is 8.57. The van der Waals surface area contributed by atoms with E-state index in [4.69, 9.17) is 4.42 Å². The molecule has 3 aromatic rings. The molecule has 1 aromatic heterocycles. The molecule has 0 bridgehead atoms. The van der Waals surface area contributed by atoms with E-state index in [2.05, 4.69) is 34.3 Å². The highest BCUT2D eigenvalue weighted by molar-refractivity contribution is 5.92. The summed E-state index contributed by atoms with van der Waals surface area (Å²) in [7, 11) is 0. The number of halogens is 1. The summed E-state index contributed by atoms with van der Waals surface area (Å²) in [5.74, 6) is 0.00499. The summed E-state index contributed by atoms with van der Waals surface area (Å²) < 4.78 is 19.3. The minimum absolute atomic E-state index is 0.0510. The summed E-state index contributed by atoms with van der Waals surface area (Å²) in [6, 6.07) is 17.0. The Kier molecular flexibility index (Phi) is 5.71. The number of rotatable bonds is 8. The predicted molar refractivity (Wildman–Crippen MR) is 107 cm³/mol. The standard InChI is InChI=1S/C23H24FN3O2/c1-16(18-7-3-2-4-8-18)27(13-17-6-5-9-19(24)12-17)14-22-26-21(15-29-22)23(28)25-20-10-11-20/h2-9,12,15-16,20H,10-11,13-14H2,1H3,(H,25,28). The first kappa shape index (κ1) is 19.3. The van der Waals surface area contributed by atoms with Crippen LogP contribution in [0, 0.1) is 5.82 Å². The molecule has 29 heavy (non-hydrogen) atoms. The Morgan fingerprint density at radius 3 is 2.72 bits per heavy atom. The lowest BCUT2D eigenvalue weighted by Gasteiger charge is -2.28. The highest BCUT2D eigenvalue weighted by Gasteiger charge is 2.26. The fourth-order valence-corrected chi connectivity index (χ4v) is 3.29. The maximum atomic E-state index is 13.7. The highest BCUT2D eigenvalue weighted by Crippen LogP contribution is 2.25. The van der Waals surface area contributed by atoms with Crippen molar-refractivity contribution in [3.8, 4) is 0 Å². The molecule has 4 rings (SSSR count). The summed E-state index contributed by atoms with van der Waals surface area (Å²) in [6.45, 7) is 3.03. The molecule has 1 unspecified atom stereocenters. The van der Waals surface area contributed by atoms with Crippen molar-refractivity contribution in [1.82, 2.24) is 15.2 Å². The zero-order chi connectivity index (χ0) is 20.2. The van der Waals surface area contributed by atoms with Crippen LogP contribution in [-0.4, -0.2) is 21.8 Å². The summed E-state index contributed by atoms with van der Waals surface area (Å²) >= 11 is 0. The van der Waals surface area contributed by atoms with Crippen molar-refractivity contribution in [3.63, 3.8) is 0 Å². The second-order valence-electron chi connectivity index (χ2n) is 7.50. The molecule has 1 atom stereocenters. The third kappa shape index (κ3) is 5.09. The maximum absolute atomic E-state index is 13.7. The van der Waals surface area contributed by atoms with Crippen LogP contribution in [0.15, 0.2) is 65.3 Å². The number of amides is 1. The Balaban J connectivity index is 1.53. The van der Waals surface area contributed by atoms with E-state index in [1.165, 1.54) is 18.4 Å². The molecule has 150 valence electrons. The van der Waals surface area contributed by atoms with Gasteiger partial charge in [-0.3, -0.25) is 9.69 Å². The first-order valence-corrected chi connectivity index (χ1v) is 9.87. The van der Waals surface area contributed by atoms with Crippen molar-refractivity contribution < 1.29 is 13.6 Å². The summed E-state index contributed by atoms with van der Waals surface area (Å²) in [6.07, 6.45) is 3.44. The monoisotopic (exact) mass is 393 g/mol. The number of nitrogens with one attached hydrogen (secondary N) is 1. The molecule has 6 heteroatoms. The second-order valence-corrected chi connectivity index (χ2v) is 7.50. The largest absolute Gasteiger partial charge is 0.447 e. The fraction of sp³-hybridized carbons (Fsp3) is 0.304. The summed E-state index contributed by atoms with van der Waals surface area (Å²) in [4.78, 5) is 18.7. The van der Waals surface area contributed by atoms with Crippen LogP contribution >= 0.6 is 0 Å². The van der Waals surface area contributed by atoms with Crippen molar-refractivity contribution in [2.75, 3.05) is 0 Å². The van der Waals surface area contributed by atoms with Gasteiger partial charge in [0, 0.05) is 18.6 Å². The Morgan fingerprint density at radius 1 is 1.21 bits per heavy atom. The van der Waals surface area contributed by atoms with E-state index >= 15 is 0 Å². The summed E-state index contributed by atoms with van der Waals surface area (Å²) in [5.41, 5.74) is 2.30. The maximum Gasteiger partial charge on any atom is 0.273 e. The van der Waals surface area contributed by atoms with Gasteiger partial charge in [-0.1, -0.05) is 42.5 Å². The van der Waals surface area contributed by atoms with Gasteiger partial charge in [0.05, 0.1) is 6.54 Å². The van der Waals surface area contributed by atoms with Crippen LogP contribution in [0.1, 0.15) is 53.3 Å². The molecule has 1 amide bonds. The van der Waals surface area contributed by atoms with Crippen LogP contribution in [0.2, 0.25) is 0 Å². The van der Waals surface area contributed by atoms with Crippen molar-refractivity contribution in [2.24, 2.45) is 0 Å². The molecule has 1 aliphatic carbocycles. The quantitative estimate of drug-likeness (QED) is 0.613. The number of carbonyl (C=O) groups is 1.